The fourth-order valence-corrected chi connectivity index (χ4v) is 1.73. The Labute approximate surface area is 113 Å². The molecule has 0 saturated carbocycles. The molecule has 0 aliphatic rings. The smallest absolute Gasteiger partial charge is 0.182 e. The minimum Gasteiger partial charge on any atom is -0.494 e. The molecule has 0 aromatic heterocycles. The van der Waals surface area contributed by atoms with Gasteiger partial charge in [-0.1, -0.05) is 12.1 Å². The Morgan fingerprint density at radius 3 is 2.50 bits per heavy atom. The second-order valence-electron chi connectivity index (χ2n) is 4.04. The zero-order valence-electron chi connectivity index (χ0n) is 10.5. The predicted octanol–water partition coefficient (Wildman–Crippen LogP) is 3.86. The van der Waals surface area contributed by atoms with Gasteiger partial charge in [0, 0.05) is 24.2 Å². The van der Waals surface area contributed by atoms with Crippen LogP contribution < -0.4 is 10.1 Å². The van der Waals surface area contributed by atoms with Gasteiger partial charge in [-0.15, -0.1) is 0 Å². The molecule has 0 atom stereocenters. The van der Waals surface area contributed by atoms with Crippen LogP contribution in [0.2, 0.25) is 0 Å². The normalized spacial score (nSPS) is 10.4. The van der Waals surface area contributed by atoms with Gasteiger partial charge in [0.1, 0.15) is 5.82 Å². The second kappa shape index (κ2) is 5.81. The van der Waals surface area contributed by atoms with E-state index in [-0.39, 0.29) is 23.5 Å². The quantitative estimate of drug-likeness (QED) is 0.680. The summed E-state index contributed by atoms with van der Waals surface area (Å²) < 4.78 is 58.0. The summed E-state index contributed by atoms with van der Waals surface area (Å²) in [5, 5.41) is 2.45. The van der Waals surface area contributed by atoms with E-state index >= 15 is 0 Å². The van der Waals surface area contributed by atoms with Gasteiger partial charge in [0.2, 0.25) is 0 Å². The zero-order valence-corrected chi connectivity index (χ0v) is 10.5. The standard InChI is InChI=1S/C14H11F4NO/c1-20-12-4-2-3-8(13(12)17)7-19-11-6-9(15)5-10(16)14(11)18/h2-6,19H,7H2,1H3. The lowest BCUT2D eigenvalue weighted by Crippen LogP contribution is -2.06. The number of rotatable bonds is 4. The van der Waals surface area contributed by atoms with Crippen LogP contribution in [-0.4, -0.2) is 7.11 Å². The number of ether oxygens (including phenoxy) is 1. The molecule has 0 aliphatic heterocycles. The Hall–Kier alpha value is -2.24. The molecule has 2 nitrogen and oxygen atoms in total. The first-order valence-electron chi connectivity index (χ1n) is 5.72. The molecule has 0 bridgehead atoms. The summed E-state index contributed by atoms with van der Waals surface area (Å²) in [4.78, 5) is 0. The molecule has 20 heavy (non-hydrogen) atoms. The Bertz CT molecular complexity index is 631. The lowest BCUT2D eigenvalue weighted by molar-refractivity contribution is 0.384. The van der Waals surface area contributed by atoms with Crippen molar-refractivity contribution in [1.82, 2.24) is 0 Å². The highest BCUT2D eigenvalue weighted by atomic mass is 19.2. The fraction of sp³-hybridized carbons (Fsp3) is 0.143. The van der Waals surface area contributed by atoms with Crippen molar-refractivity contribution in [2.75, 3.05) is 12.4 Å². The van der Waals surface area contributed by atoms with E-state index in [9.17, 15) is 17.6 Å². The zero-order chi connectivity index (χ0) is 14.7. The topological polar surface area (TPSA) is 21.3 Å². The molecule has 0 fully saturated rings. The van der Waals surface area contributed by atoms with Gasteiger partial charge < -0.3 is 10.1 Å². The fourth-order valence-electron chi connectivity index (χ4n) is 1.73. The van der Waals surface area contributed by atoms with Gasteiger partial charge >= 0.3 is 0 Å². The highest BCUT2D eigenvalue weighted by molar-refractivity contribution is 5.46. The first-order chi connectivity index (χ1) is 9.52. The van der Waals surface area contributed by atoms with Crippen LogP contribution in [0.25, 0.3) is 0 Å². The van der Waals surface area contributed by atoms with Gasteiger partial charge in [-0.25, -0.2) is 17.6 Å². The molecule has 2 aromatic carbocycles. The first-order valence-corrected chi connectivity index (χ1v) is 5.72. The maximum absolute atomic E-state index is 13.8. The van der Waals surface area contributed by atoms with Crippen molar-refractivity contribution in [2.24, 2.45) is 0 Å². The lowest BCUT2D eigenvalue weighted by atomic mass is 10.2. The number of anilines is 1. The third-order valence-corrected chi connectivity index (χ3v) is 2.73. The highest BCUT2D eigenvalue weighted by Crippen LogP contribution is 2.23. The maximum Gasteiger partial charge on any atom is 0.182 e. The van der Waals surface area contributed by atoms with Crippen LogP contribution >= 0.6 is 0 Å². The lowest BCUT2D eigenvalue weighted by Gasteiger charge is -2.10. The molecular formula is C14H11F4NO. The second-order valence-corrected chi connectivity index (χ2v) is 4.04. The first kappa shape index (κ1) is 14.2. The van der Waals surface area contributed by atoms with Gasteiger partial charge in [-0.05, 0) is 6.07 Å². The van der Waals surface area contributed by atoms with E-state index in [4.69, 9.17) is 4.74 Å². The molecule has 2 aromatic rings. The average Bonchev–Trinajstić information content (AvgIpc) is 2.42. The number of hydrogen-bond acceptors (Lipinski definition) is 2. The number of hydrogen-bond donors (Lipinski definition) is 1. The van der Waals surface area contributed by atoms with E-state index in [2.05, 4.69) is 5.32 Å². The molecule has 0 spiro atoms. The van der Waals surface area contributed by atoms with E-state index < -0.39 is 23.3 Å². The van der Waals surface area contributed by atoms with Crippen LogP contribution in [0.4, 0.5) is 23.2 Å². The molecular weight excluding hydrogens is 274 g/mol. The summed E-state index contributed by atoms with van der Waals surface area (Å²) in [6, 6.07) is 5.68. The molecule has 0 heterocycles. The van der Waals surface area contributed by atoms with Crippen molar-refractivity contribution in [3.05, 3.63) is 59.2 Å². The minimum absolute atomic E-state index is 0.0372. The summed E-state index contributed by atoms with van der Waals surface area (Å²) in [7, 11) is 1.32. The molecule has 2 rings (SSSR count). The van der Waals surface area contributed by atoms with Gasteiger partial charge in [0.15, 0.2) is 23.2 Å². The summed E-state index contributed by atoms with van der Waals surface area (Å²) in [5.74, 6) is -4.01. The number of nitrogens with one attached hydrogen (secondary N) is 1. The van der Waals surface area contributed by atoms with E-state index in [1.54, 1.807) is 6.07 Å². The van der Waals surface area contributed by atoms with Crippen molar-refractivity contribution in [1.29, 1.82) is 0 Å². The minimum atomic E-state index is -1.31. The Morgan fingerprint density at radius 1 is 1.05 bits per heavy atom. The van der Waals surface area contributed by atoms with Crippen molar-refractivity contribution >= 4 is 5.69 Å². The van der Waals surface area contributed by atoms with Gasteiger partial charge in [-0.2, -0.15) is 0 Å². The van der Waals surface area contributed by atoms with Gasteiger partial charge in [-0.3, -0.25) is 0 Å². The molecule has 0 radical (unpaired) electrons. The Kier molecular flexibility index (Phi) is 4.12. The SMILES string of the molecule is COc1cccc(CNc2cc(F)cc(F)c2F)c1F. The van der Waals surface area contributed by atoms with Crippen LogP contribution in [0.1, 0.15) is 5.56 Å². The molecule has 0 aliphatic carbocycles. The number of benzene rings is 2. The summed E-state index contributed by atoms with van der Waals surface area (Å²) in [5.41, 5.74) is -0.182. The highest BCUT2D eigenvalue weighted by Gasteiger charge is 2.12. The van der Waals surface area contributed by atoms with Gasteiger partial charge in [0.05, 0.1) is 12.8 Å². The van der Waals surface area contributed by atoms with Crippen molar-refractivity contribution < 1.29 is 22.3 Å². The van der Waals surface area contributed by atoms with Crippen LogP contribution in [0.3, 0.4) is 0 Å². The van der Waals surface area contributed by atoms with E-state index in [1.807, 2.05) is 0 Å². The Balaban J connectivity index is 2.21. The van der Waals surface area contributed by atoms with Crippen LogP contribution in [0.15, 0.2) is 30.3 Å². The maximum atomic E-state index is 13.8. The largest absolute Gasteiger partial charge is 0.494 e. The molecule has 1 N–H and O–H groups in total. The monoisotopic (exact) mass is 285 g/mol. The molecule has 0 saturated heterocycles. The molecule has 0 unspecified atom stereocenters. The van der Waals surface area contributed by atoms with Gasteiger partial charge in [0.25, 0.3) is 0 Å². The van der Waals surface area contributed by atoms with Crippen molar-refractivity contribution in [3.63, 3.8) is 0 Å². The van der Waals surface area contributed by atoms with E-state index in [0.29, 0.717) is 6.07 Å². The Morgan fingerprint density at radius 2 is 1.80 bits per heavy atom. The molecule has 0 amide bonds. The van der Waals surface area contributed by atoms with Crippen molar-refractivity contribution in [3.8, 4) is 5.75 Å². The summed E-state index contributed by atoms with van der Waals surface area (Å²) in [6.07, 6.45) is 0. The average molecular weight is 285 g/mol. The molecule has 6 heteroatoms. The third-order valence-electron chi connectivity index (χ3n) is 2.73. The summed E-state index contributed by atoms with van der Waals surface area (Å²) in [6.45, 7) is -0.136. The van der Waals surface area contributed by atoms with Crippen molar-refractivity contribution in [2.45, 2.75) is 6.54 Å². The predicted molar refractivity (Wildman–Crippen MR) is 66.6 cm³/mol. The summed E-state index contributed by atoms with van der Waals surface area (Å²) >= 11 is 0. The van der Waals surface area contributed by atoms with Crippen LogP contribution in [0.5, 0.6) is 5.75 Å². The number of halogens is 4. The number of methoxy groups -OCH3 is 1. The van der Waals surface area contributed by atoms with E-state index in [0.717, 1.165) is 6.07 Å². The van der Waals surface area contributed by atoms with Crippen LogP contribution in [-0.2, 0) is 6.54 Å². The van der Waals surface area contributed by atoms with Crippen LogP contribution in [0, 0.1) is 23.3 Å². The molecule has 106 valence electrons. The van der Waals surface area contributed by atoms with E-state index in [1.165, 1.54) is 19.2 Å². The third kappa shape index (κ3) is 2.84.